The van der Waals surface area contributed by atoms with Crippen LogP contribution in [0.4, 0.5) is 30.5 Å². The van der Waals surface area contributed by atoms with Crippen LogP contribution in [0, 0.1) is 5.92 Å². The number of carbonyl (C=O) groups excluding carboxylic acids is 1. The number of pyridine rings is 3. The molecule has 1 amide bonds. The van der Waals surface area contributed by atoms with Crippen molar-refractivity contribution in [3.8, 4) is 0 Å². The van der Waals surface area contributed by atoms with Crippen molar-refractivity contribution in [3.63, 3.8) is 0 Å². The molecule has 7 nitrogen and oxygen atoms in total. The van der Waals surface area contributed by atoms with Crippen molar-refractivity contribution in [2.75, 3.05) is 10.6 Å². The number of halogens is 4. The Bertz CT molecular complexity index is 1140. The summed E-state index contributed by atoms with van der Waals surface area (Å²) in [6, 6.07) is 6.49. The first kappa shape index (κ1) is 22.0. The summed E-state index contributed by atoms with van der Waals surface area (Å²) in [6.07, 6.45) is 0.0158. The second-order valence-electron chi connectivity index (χ2n) is 7.32. The first-order valence-electron chi connectivity index (χ1n) is 9.62. The maximum atomic E-state index is 12.8. The first-order valence-corrected chi connectivity index (χ1v) is 9.99. The zero-order chi connectivity index (χ0) is 22.9. The smallest absolute Gasteiger partial charge is 0.388 e. The van der Waals surface area contributed by atoms with Gasteiger partial charge in [-0.25, -0.2) is 15.0 Å². The van der Waals surface area contributed by atoms with Crippen LogP contribution in [0.5, 0.6) is 0 Å². The number of nitrogens with one attached hydrogen (secondary N) is 2. The number of aromatic nitrogens is 3. The minimum Gasteiger partial charge on any atom is -0.388 e. The van der Waals surface area contributed by atoms with Crippen LogP contribution in [0.15, 0.2) is 48.9 Å². The van der Waals surface area contributed by atoms with Crippen molar-refractivity contribution in [3.05, 3.63) is 70.8 Å². The Kier molecular flexibility index (Phi) is 5.98. The molecule has 3 aromatic rings. The molecule has 3 N–H and O–H groups in total. The van der Waals surface area contributed by atoms with Gasteiger partial charge in [-0.05, 0) is 49.1 Å². The van der Waals surface area contributed by atoms with E-state index in [0.29, 0.717) is 17.4 Å². The van der Waals surface area contributed by atoms with Crippen molar-refractivity contribution in [2.24, 2.45) is 5.92 Å². The molecule has 1 aliphatic rings. The molecule has 1 aliphatic carbocycles. The third-order valence-corrected chi connectivity index (χ3v) is 5.11. The van der Waals surface area contributed by atoms with Crippen molar-refractivity contribution in [2.45, 2.75) is 25.1 Å². The van der Waals surface area contributed by atoms with Gasteiger partial charge in [0.05, 0.1) is 23.6 Å². The van der Waals surface area contributed by atoms with Crippen LogP contribution >= 0.6 is 11.6 Å². The number of amides is 1. The van der Waals surface area contributed by atoms with E-state index in [9.17, 15) is 23.1 Å². The molecule has 1 atom stereocenters. The van der Waals surface area contributed by atoms with Crippen molar-refractivity contribution >= 4 is 34.8 Å². The Morgan fingerprint density at radius 2 is 1.88 bits per heavy atom. The van der Waals surface area contributed by atoms with Crippen LogP contribution in [-0.4, -0.2) is 26.0 Å². The van der Waals surface area contributed by atoms with Gasteiger partial charge < -0.3 is 15.7 Å². The van der Waals surface area contributed by atoms with E-state index in [2.05, 4.69) is 25.6 Å². The number of aliphatic hydroxyl groups is 1. The number of carbonyl (C=O) groups is 1. The maximum absolute atomic E-state index is 12.8. The number of hydrogen-bond acceptors (Lipinski definition) is 6. The number of aliphatic hydroxyl groups excluding tert-OH is 1. The van der Waals surface area contributed by atoms with Crippen LogP contribution in [0.25, 0.3) is 0 Å². The van der Waals surface area contributed by atoms with Gasteiger partial charge in [0.1, 0.15) is 16.8 Å². The van der Waals surface area contributed by atoms with Crippen LogP contribution < -0.4 is 10.6 Å². The van der Waals surface area contributed by atoms with Crippen LogP contribution in [0.2, 0.25) is 5.15 Å². The van der Waals surface area contributed by atoms with Gasteiger partial charge >= 0.3 is 6.18 Å². The molecule has 0 radical (unpaired) electrons. The Labute approximate surface area is 185 Å². The van der Waals surface area contributed by atoms with E-state index in [1.807, 2.05) is 0 Å². The van der Waals surface area contributed by atoms with Gasteiger partial charge in [0.15, 0.2) is 0 Å². The second-order valence-corrected chi connectivity index (χ2v) is 7.70. The molecule has 32 heavy (non-hydrogen) atoms. The second kappa shape index (κ2) is 8.71. The third kappa shape index (κ3) is 5.14. The minimum absolute atomic E-state index is 0.122. The molecular formula is C21H17ClF3N5O2. The lowest BCUT2D eigenvalue weighted by Crippen LogP contribution is -2.15. The highest BCUT2D eigenvalue weighted by atomic mass is 35.5. The summed E-state index contributed by atoms with van der Waals surface area (Å²) in [4.78, 5) is 24.5. The van der Waals surface area contributed by atoms with E-state index < -0.39 is 23.8 Å². The number of hydrogen-bond donors (Lipinski definition) is 3. The van der Waals surface area contributed by atoms with Gasteiger partial charge in [-0.1, -0.05) is 11.6 Å². The van der Waals surface area contributed by atoms with Crippen LogP contribution in [0.1, 0.15) is 40.4 Å². The SMILES string of the molecule is O=C(Nc1cnc(Cl)cc1C(O)C1CC1)c1ccnc(Nc2ccc(C(F)(F)F)cn2)c1. The van der Waals surface area contributed by atoms with Gasteiger partial charge in [0, 0.05) is 23.5 Å². The van der Waals surface area contributed by atoms with Gasteiger partial charge in [0.25, 0.3) is 5.91 Å². The highest BCUT2D eigenvalue weighted by Gasteiger charge is 2.33. The molecule has 0 saturated heterocycles. The van der Waals surface area contributed by atoms with Crippen molar-refractivity contribution in [1.82, 2.24) is 15.0 Å². The summed E-state index contributed by atoms with van der Waals surface area (Å²) in [7, 11) is 0. The quantitative estimate of drug-likeness (QED) is 0.446. The molecular weight excluding hydrogens is 447 g/mol. The average molecular weight is 464 g/mol. The Morgan fingerprint density at radius 3 is 2.53 bits per heavy atom. The molecule has 0 aliphatic heterocycles. The monoisotopic (exact) mass is 463 g/mol. The minimum atomic E-state index is -4.48. The summed E-state index contributed by atoms with van der Waals surface area (Å²) in [5, 5.41) is 16.2. The number of rotatable bonds is 6. The fourth-order valence-electron chi connectivity index (χ4n) is 3.06. The standard InChI is InChI=1S/C21H17ClF3N5O2/c22-16-8-14(19(31)11-1-2-11)15(10-27-16)29-20(32)12-5-6-26-18(7-12)30-17-4-3-13(9-28-17)21(23,24)25/h3-11,19,31H,1-2H2,(H,29,32)(H,26,28,30). The highest BCUT2D eigenvalue weighted by molar-refractivity contribution is 6.29. The molecule has 1 saturated carbocycles. The number of anilines is 3. The highest BCUT2D eigenvalue weighted by Crippen LogP contribution is 2.43. The lowest BCUT2D eigenvalue weighted by Gasteiger charge is -2.16. The maximum Gasteiger partial charge on any atom is 0.417 e. The predicted octanol–water partition coefficient (Wildman–Crippen LogP) is 4.98. The van der Waals surface area contributed by atoms with E-state index in [-0.39, 0.29) is 28.3 Å². The fourth-order valence-corrected chi connectivity index (χ4v) is 3.23. The molecule has 166 valence electrons. The number of alkyl halides is 3. The number of nitrogens with zero attached hydrogens (tertiary/aromatic N) is 3. The lowest BCUT2D eigenvalue weighted by molar-refractivity contribution is -0.137. The molecule has 11 heteroatoms. The Morgan fingerprint density at radius 1 is 1.09 bits per heavy atom. The molecule has 0 aromatic carbocycles. The zero-order valence-corrected chi connectivity index (χ0v) is 17.2. The molecule has 3 heterocycles. The molecule has 0 spiro atoms. The van der Waals surface area contributed by atoms with Gasteiger partial charge in [-0.3, -0.25) is 4.79 Å². The first-order chi connectivity index (χ1) is 15.2. The third-order valence-electron chi connectivity index (χ3n) is 4.91. The van der Waals surface area contributed by atoms with Crippen molar-refractivity contribution in [1.29, 1.82) is 0 Å². The summed E-state index contributed by atoms with van der Waals surface area (Å²) < 4.78 is 38.0. The summed E-state index contributed by atoms with van der Waals surface area (Å²) >= 11 is 5.95. The van der Waals surface area contributed by atoms with E-state index in [1.54, 1.807) is 0 Å². The largest absolute Gasteiger partial charge is 0.417 e. The average Bonchev–Trinajstić information content (AvgIpc) is 3.60. The van der Waals surface area contributed by atoms with E-state index in [0.717, 1.165) is 18.9 Å². The predicted molar refractivity (Wildman–Crippen MR) is 112 cm³/mol. The van der Waals surface area contributed by atoms with Crippen LogP contribution in [-0.2, 0) is 6.18 Å². The lowest BCUT2D eigenvalue weighted by atomic mass is 10.0. The fraction of sp³-hybridized carbons (Fsp3) is 0.238. The summed E-state index contributed by atoms with van der Waals surface area (Å²) in [6.45, 7) is 0. The Balaban J connectivity index is 1.49. The topological polar surface area (TPSA) is 100 Å². The summed E-state index contributed by atoms with van der Waals surface area (Å²) in [5.41, 5.74) is 0.192. The molecule has 3 aromatic heterocycles. The summed E-state index contributed by atoms with van der Waals surface area (Å²) in [5.74, 6) is -0.00143. The normalized spacial score (nSPS) is 14.7. The molecule has 1 fully saturated rings. The van der Waals surface area contributed by atoms with Crippen LogP contribution in [0.3, 0.4) is 0 Å². The zero-order valence-electron chi connectivity index (χ0n) is 16.4. The van der Waals surface area contributed by atoms with E-state index >= 15 is 0 Å². The Hall–Kier alpha value is -3.24. The van der Waals surface area contributed by atoms with E-state index in [1.165, 1.54) is 36.7 Å². The molecule has 4 rings (SSSR count). The van der Waals surface area contributed by atoms with Gasteiger partial charge in [-0.2, -0.15) is 13.2 Å². The molecule has 1 unspecified atom stereocenters. The molecule has 0 bridgehead atoms. The van der Waals surface area contributed by atoms with E-state index in [4.69, 9.17) is 11.6 Å². The van der Waals surface area contributed by atoms with Gasteiger partial charge in [-0.15, -0.1) is 0 Å². The van der Waals surface area contributed by atoms with Crippen molar-refractivity contribution < 1.29 is 23.1 Å². The van der Waals surface area contributed by atoms with Gasteiger partial charge in [0.2, 0.25) is 0 Å².